The lowest BCUT2D eigenvalue weighted by Crippen LogP contribution is -2.16. The fraction of sp³-hybridized carbons (Fsp3) is 0.368. The van der Waals surface area contributed by atoms with Crippen molar-refractivity contribution in [1.29, 1.82) is 0 Å². The third-order valence-corrected chi connectivity index (χ3v) is 5.51. The van der Waals surface area contributed by atoms with Crippen LogP contribution in [0.25, 0.3) is 0 Å². The molecule has 2 aromatic rings. The van der Waals surface area contributed by atoms with Crippen molar-refractivity contribution in [3.05, 3.63) is 52.8 Å². The minimum absolute atomic E-state index is 0.241. The van der Waals surface area contributed by atoms with Gasteiger partial charge in [-0.3, -0.25) is 9.00 Å². The van der Waals surface area contributed by atoms with Gasteiger partial charge in [-0.15, -0.1) is 0 Å². The first-order chi connectivity index (χ1) is 11.9. The zero-order chi connectivity index (χ0) is 18.6. The molecule has 0 saturated heterocycles. The molecule has 0 aliphatic heterocycles. The average Bonchev–Trinajstić information content (AvgIpc) is 2.92. The summed E-state index contributed by atoms with van der Waals surface area (Å²) in [6, 6.07) is 8.44. The van der Waals surface area contributed by atoms with Crippen molar-refractivity contribution in [1.82, 2.24) is 4.57 Å². The van der Waals surface area contributed by atoms with Crippen LogP contribution in [-0.2, 0) is 22.1 Å². The van der Waals surface area contributed by atoms with Gasteiger partial charge in [0.05, 0.1) is 21.3 Å². The van der Waals surface area contributed by atoms with Gasteiger partial charge in [-0.25, -0.2) is 4.79 Å². The summed E-state index contributed by atoms with van der Waals surface area (Å²) in [6.45, 7) is 8.06. The van der Waals surface area contributed by atoms with E-state index in [9.17, 15) is 13.8 Å². The van der Waals surface area contributed by atoms with Crippen LogP contribution in [0.1, 0.15) is 46.0 Å². The number of rotatable bonds is 7. The molecule has 0 saturated carbocycles. The van der Waals surface area contributed by atoms with Gasteiger partial charge in [0.2, 0.25) is 5.78 Å². The van der Waals surface area contributed by atoms with E-state index < -0.39 is 16.8 Å². The molecule has 1 aromatic heterocycles. The number of ketones is 1. The SMILES string of the molecule is CCn1c(C)cc(C(=O)COC(=O)c2ccccc2[S@@](=O)CC)c1C. The van der Waals surface area contributed by atoms with Crippen LogP contribution in [-0.4, -0.2) is 32.9 Å². The van der Waals surface area contributed by atoms with E-state index in [0.717, 1.165) is 17.9 Å². The summed E-state index contributed by atoms with van der Waals surface area (Å²) < 4.78 is 19.3. The zero-order valence-corrected chi connectivity index (χ0v) is 15.8. The maximum absolute atomic E-state index is 12.4. The molecular weight excluding hydrogens is 338 g/mol. The summed E-state index contributed by atoms with van der Waals surface area (Å²) in [5, 5.41) is 0. The van der Waals surface area contributed by atoms with Gasteiger partial charge in [0, 0.05) is 29.2 Å². The molecule has 5 nitrogen and oxygen atoms in total. The number of benzene rings is 1. The summed E-state index contributed by atoms with van der Waals surface area (Å²) in [6.07, 6.45) is 0. The Hall–Kier alpha value is -2.21. The highest BCUT2D eigenvalue weighted by Gasteiger charge is 2.20. The Morgan fingerprint density at radius 1 is 1.12 bits per heavy atom. The average molecular weight is 361 g/mol. The molecule has 0 radical (unpaired) electrons. The fourth-order valence-electron chi connectivity index (χ4n) is 2.85. The van der Waals surface area contributed by atoms with Gasteiger partial charge in [-0.05, 0) is 39.0 Å². The Morgan fingerprint density at radius 2 is 1.80 bits per heavy atom. The van der Waals surface area contributed by atoms with Gasteiger partial charge < -0.3 is 9.30 Å². The molecule has 134 valence electrons. The van der Waals surface area contributed by atoms with E-state index in [-0.39, 0.29) is 18.0 Å². The molecule has 25 heavy (non-hydrogen) atoms. The van der Waals surface area contributed by atoms with Crippen molar-refractivity contribution in [2.24, 2.45) is 0 Å². The summed E-state index contributed by atoms with van der Waals surface area (Å²) in [5.41, 5.74) is 2.68. The van der Waals surface area contributed by atoms with Crippen molar-refractivity contribution >= 4 is 22.6 Å². The number of carbonyl (C=O) groups is 2. The summed E-state index contributed by atoms with van der Waals surface area (Å²) in [5.74, 6) is -0.461. The van der Waals surface area contributed by atoms with E-state index in [2.05, 4.69) is 0 Å². The van der Waals surface area contributed by atoms with Crippen LogP contribution in [0.5, 0.6) is 0 Å². The molecule has 6 heteroatoms. The smallest absolute Gasteiger partial charge is 0.339 e. The Labute approximate surface area is 150 Å². The second-order valence-electron chi connectivity index (χ2n) is 5.66. The molecule has 0 spiro atoms. The zero-order valence-electron chi connectivity index (χ0n) is 15.0. The van der Waals surface area contributed by atoms with Crippen LogP contribution < -0.4 is 0 Å². The number of aryl methyl sites for hydroxylation is 1. The minimum Gasteiger partial charge on any atom is -0.454 e. The lowest BCUT2D eigenvalue weighted by molar-refractivity contribution is 0.0471. The van der Waals surface area contributed by atoms with Crippen molar-refractivity contribution in [2.75, 3.05) is 12.4 Å². The first-order valence-corrected chi connectivity index (χ1v) is 9.57. The molecular formula is C19H23NO4S. The predicted octanol–water partition coefficient (Wildman–Crippen LogP) is 3.29. The molecule has 0 bridgehead atoms. The second kappa shape index (κ2) is 8.25. The summed E-state index contributed by atoms with van der Waals surface area (Å²) in [4.78, 5) is 25.2. The van der Waals surface area contributed by atoms with E-state index in [1.54, 1.807) is 31.2 Å². The maximum atomic E-state index is 12.4. The lowest BCUT2D eigenvalue weighted by atomic mass is 10.1. The molecule has 0 amide bonds. The Balaban J connectivity index is 2.13. The number of nitrogens with zero attached hydrogens (tertiary/aromatic N) is 1. The standard InChI is InChI=1S/C19H23NO4S/c1-5-20-13(3)11-16(14(20)4)17(21)12-24-19(22)15-9-7-8-10-18(15)25(23)6-2/h7-11H,5-6,12H2,1-4H3/t25-/m0/s1. The lowest BCUT2D eigenvalue weighted by Gasteiger charge is -2.09. The summed E-state index contributed by atoms with van der Waals surface area (Å²) in [7, 11) is -1.27. The van der Waals surface area contributed by atoms with Crippen molar-refractivity contribution in [3.8, 4) is 0 Å². The highest BCUT2D eigenvalue weighted by Crippen LogP contribution is 2.17. The monoisotopic (exact) mass is 361 g/mol. The van der Waals surface area contributed by atoms with Gasteiger partial charge in [0.15, 0.2) is 6.61 Å². The first-order valence-electron chi connectivity index (χ1n) is 8.25. The normalized spacial score (nSPS) is 12.0. The van der Waals surface area contributed by atoms with Crippen molar-refractivity contribution < 1.29 is 18.5 Å². The van der Waals surface area contributed by atoms with Crippen LogP contribution >= 0.6 is 0 Å². The maximum Gasteiger partial charge on any atom is 0.339 e. The van der Waals surface area contributed by atoms with E-state index in [4.69, 9.17) is 4.74 Å². The minimum atomic E-state index is -1.27. The Kier molecular flexibility index (Phi) is 6.31. The molecule has 1 aromatic carbocycles. The van der Waals surface area contributed by atoms with Crippen molar-refractivity contribution in [2.45, 2.75) is 39.1 Å². The van der Waals surface area contributed by atoms with Crippen LogP contribution in [0, 0.1) is 13.8 Å². The summed E-state index contributed by atoms with van der Waals surface area (Å²) >= 11 is 0. The predicted molar refractivity (Wildman–Crippen MR) is 97.6 cm³/mol. The van der Waals surface area contributed by atoms with Gasteiger partial charge in [-0.1, -0.05) is 19.1 Å². The molecule has 0 N–H and O–H groups in total. The Bertz CT molecular complexity index is 823. The van der Waals surface area contributed by atoms with Crippen molar-refractivity contribution in [3.63, 3.8) is 0 Å². The van der Waals surface area contributed by atoms with E-state index in [1.165, 1.54) is 0 Å². The van der Waals surface area contributed by atoms with Crippen LogP contribution in [0.4, 0.5) is 0 Å². The van der Waals surface area contributed by atoms with Gasteiger partial charge in [-0.2, -0.15) is 0 Å². The molecule has 2 rings (SSSR count). The molecule has 0 unspecified atom stereocenters. The Morgan fingerprint density at radius 3 is 2.40 bits per heavy atom. The molecule has 0 aliphatic carbocycles. The van der Waals surface area contributed by atoms with Gasteiger partial charge in [0.25, 0.3) is 0 Å². The number of hydrogen-bond donors (Lipinski definition) is 0. The quantitative estimate of drug-likeness (QED) is 0.561. The molecule has 1 heterocycles. The van der Waals surface area contributed by atoms with Crippen LogP contribution in [0.2, 0.25) is 0 Å². The van der Waals surface area contributed by atoms with Crippen LogP contribution in [0.15, 0.2) is 35.2 Å². The molecule has 0 fully saturated rings. The largest absolute Gasteiger partial charge is 0.454 e. The number of esters is 1. The fourth-order valence-corrected chi connectivity index (χ4v) is 3.78. The second-order valence-corrected chi connectivity index (χ2v) is 7.37. The molecule has 1 atom stereocenters. The van der Waals surface area contributed by atoms with Gasteiger partial charge in [0.1, 0.15) is 0 Å². The third-order valence-electron chi connectivity index (χ3n) is 4.14. The van der Waals surface area contributed by atoms with E-state index in [1.807, 2.05) is 31.4 Å². The highest BCUT2D eigenvalue weighted by atomic mass is 32.2. The first kappa shape index (κ1) is 19.1. The number of Topliss-reactive ketones (excluding diaryl/α,β-unsaturated/α-hetero) is 1. The molecule has 0 aliphatic rings. The number of carbonyl (C=O) groups excluding carboxylic acids is 2. The van der Waals surface area contributed by atoms with E-state index in [0.29, 0.717) is 16.2 Å². The number of ether oxygens (including phenoxy) is 1. The number of aromatic nitrogens is 1. The van der Waals surface area contributed by atoms with E-state index >= 15 is 0 Å². The van der Waals surface area contributed by atoms with Gasteiger partial charge >= 0.3 is 5.97 Å². The topological polar surface area (TPSA) is 65.4 Å². The van der Waals surface area contributed by atoms with Crippen LogP contribution in [0.3, 0.4) is 0 Å². The number of hydrogen-bond acceptors (Lipinski definition) is 4. The third kappa shape index (κ3) is 4.07. The highest BCUT2D eigenvalue weighted by molar-refractivity contribution is 7.85.